The van der Waals surface area contributed by atoms with Crippen molar-refractivity contribution in [2.24, 2.45) is 0 Å². The van der Waals surface area contributed by atoms with Crippen LogP contribution < -0.4 is 10.9 Å². The summed E-state index contributed by atoms with van der Waals surface area (Å²) < 4.78 is 18.2. The Labute approximate surface area is 142 Å². The average Bonchev–Trinajstić information content (AvgIpc) is 2.57. The van der Waals surface area contributed by atoms with Crippen LogP contribution >= 0.6 is 0 Å². The number of aromatic hydroxyl groups is 1. The van der Waals surface area contributed by atoms with Crippen molar-refractivity contribution in [1.29, 1.82) is 0 Å². The lowest BCUT2D eigenvalue weighted by molar-refractivity contribution is -0.115. The number of phenols is 1. The number of carbonyl (C=O) groups is 1. The average molecular weight is 341 g/mol. The number of hydrogen-bond acceptors (Lipinski definition) is 4. The van der Waals surface area contributed by atoms with E-state index >= 15 is 0 Å². The van der Waals surface area contributed by atoms with Gasteiger partial charge in [0, 0.05) is 16.6 Å². The maximum absolute atomic E-state index is 12.9. The fourth-order valence-corrected chi connectivity index (χ4v) is 2.68. The van der Waals surface area contributed by atoms with Crippen molar-refractivity contribution in [1.82, 2.24) is 0 Å². The second-order valence-corrected chi connectivity index (χ2v) is 5.81. The summed E-state index contributed by atoms with van der Waals surface area (Å²) in [7, 11) is 0. The molecule has 25 heavy (non-hydrogen) atoms. The van der Waals surface area contributed by atoms with E-state index in [-0.39, 0.29) is 17.7 Å². The van der Waals surface area contributed by atoms with Gasteiger partial charge in [-0.1, -0.05) is 0 Å². The smallest absolute Gasteiger partial charge is 0.340 e. The van der Waals surface area contributed by atoms with Gasteiger partial charge in [-0.05, 0) is 55.8 Å². The van der Waals surface area contributed by atoms with E-state index in [1.807, 2.05) is 0 Å². The third-order valence-corrected chi connectivity index (χ3v) is 4.14. The minimum atomic E-state index is -0.618. The van der Waals surface area contributed by atoms with Crippen LogP contribution in [0.3, 0.4) is 0 Å². The quantitative estimate of drug-likeness (QED) is 0.715. The summed E-state index contributed by atoms with van der Waals surface area (Å²) in [6.45, 7) is 3.39. The van der Waals surface area contributed by atoms with Gasteiger partial charge in [0.25, 0.3) is 0 Å². The first kappa shape index (κ1) is 16.7. The van der Waals surface area contributed by atoms with Gasteiger partial charge in [0.05, 0.1) is 12.0 Å². The van der Waals surface area contributed by atoms with E-state index in [4.69, 9.17) is 4.42 Å². The molecule has 0 radical (unpaired) electrons. The van der Waals surface area contributed by atoms with Crippen molar-refractivity contribution >= 4 is 22.6 Å². The minimum absolute atomic E-state index is 0.0388. The molecule has 0 fully saturated rings. The largest absolute Gasteiger partial charge is 0.508 e. The first-order chi connectivity index (χ1) is 11.9. The van der Waals surface area contributed by atoms with Crippen LogP contribution in [-0.2, 0) is 11.2 Å². The van der Waals surface area contributed by atoms with Crippen molar-refractivity contribution in [3.8, 4) is 5.75 Å². The van der Waals surface area contributed by atoms with E-state index in [1.165, 1.54) is 30.3 Å². The molecule has 2 N–H and O–H groups in total. The van der Waals surface area contributed by atoms with Crippen molar-refractivity contribution in [2.45, 2.75) is 20.3 Å². The zero-order valence-corrected chi connectivity index (χ0v) is 13.7. The molecule has 0 unspecified atom stereocenters. The first-order valence-corrected chi connectivity index (χ1v) is 7.67. The molecule has 0 atom stereocenters. The number of amides is 1. The van der Waals surface area contributed by atoms with E-state index in [2.05, 4.69) is 5.32 Å². The maximum Gasteiger partial charge on any atom is 0.340 e. The summed E-state index contributed by atoms with van der Waals surface area (Å²) in [5.74, 6) is -0.767. The van der Waals surface area contributed by atoms with Gasteiger partial charge in [-0.25, -0.2) is 9.18 Å². The topological polar surface area (TPSA) is 79.5 Å². The molecular formula is C19H16FNO4. The molecule has 128 valence electrons. The van der Waals surface area contributed by atoms with E-state index in [0.29, 0.717) is 27.8 Å². The molecule has 1 aromatic heterocycles. The molecule has 0 saturated heterocycles. The van der Waals surface area contributed by atoms with E-state index < -0.39 is 17.3 Å². The molecular weight excluding hydrogens is 325 g/mol. The number of aryl methyl sites for hydroxylation is 2. The summed E-state index contributed by atoms with van der Waals surface area (Å²) >= 11 is 0. The standard InChI is InChI=1S/C19H16FNO4/c1-10-14-7-8-16(22)11(2)18(14)25-19(24)15(10)9-17(23)21-13-5-3-12(20)4-6-13/h3-8,22H,9H2,1-2H3,(H,21,23). The van der Waals surface area contributed by atoms with Gasteiger partial charge in [-0.15, -0.1) is 0 Å². The van der Waals surface area contributed by atoms with Gasteiger partial charge in [-0.3, -0.25) is 4.79 Å². The van der Waals surface area contributed by atoms with Crippen molar-refractivity contribution in [3.05, 3.63) is 69.3 Å². The third kappa shape index (κ3) is 3.24. The van der Waals surface area contributed by atoms with Crippen LogP contribution in [0.15, 0.2) is 45.6 Å². The van der Waals surface area contributed by atoms with Gasteiger partial charge >= 0.3 is 5.63 Å². The first-order valence-electron chi connectivity index (χ1n) is 7.67. The lowest BCUT2D eigenvalue weighted by atomic mass is 10.0. The maximum atomic E-state index is 12.9. The number of nitrogens with one attached hydrogen (secondary N) is 1. The molecule has 5 nitrogen and oxygen atoms in total. The number of fused-ring (bicyclic) bond motifs is 1. The molecule has 6 heteroatoms. The summed E-state index contributed by atoms with van der Waals surface area (Å²) in [6, 6.07) is 8.52. The second-order valence-electron chi connectivity index (χ2n) is 5.81. The van der Waals surface area contributed by atoms with Gasteiger partial charge in [-0.2, -0.15) is 0 Å². The zero-order valence-electron chi connectivity index (χ0n) is 13.7. The lowest BCUT2D eigenvalue weighted by Crippen LogP contribution is -2.20. The summed E-state index contributed by atoms with van der Waals surface area (Å²) in [5.41, 5.74) is 1.48. The minimum Gasteiger partial charge on any atom is -0.508 e. The number of halogens is 1. The Bertz CT molecular complexity index is 1020. The van der Waals surface area contributed by atoms with Gasteiger partial charge < -0.3 is 14.8 Å². The van der Waals surface area contributed by atoms with Crippen molar-refractivity contribution in [2.75, 3.05) is 5.32 Å². The predicted molar refractivity (Wildman–Crippen MR) is 92.4 cm³/mol. The van der Waals surface area contributed by atoms with Crippen LogP contribution in [0, 0.1) is 19.7 Å². The molecule has 2 aromatic carbocycles. The molecule has 0 spiro atoms. The molecule has 3 aromatic rings. The Morgan fingerprint density at radius 1 is 1.12 bits per heavy atom. The molecule has 1 amide bonds. The highest BCUT2D eigenvalue weighted by Crippen LogP contribution is 2.28. The third-order valence-electron chi connectivity index (χ3n) is 4.14. The Morgan fingerprint density at radius 2 is 1.80 bits per heavy atom. The van der Waals surface area contributed by atoms with Crippen molar-refractivity contribution < 1.29 is 18.7 Å². The number of benzene rings is 2. The molecule has 0 aliphatic carbocycles. The van der Waals surface area contributed by atoms with Crippen LogP contribution in [0.5, 0.6) is 5.75 Å². The summed E-state index contributed by atoms with van der Waals surface area (Å²) in [4.78, 5) is 24.5. The van der Waals surface area contributed by atoms with Crippen molar-refractivity contribution in [3.63, 3.8) is 0 Å². The second kappa shape index (κ2) is 6.39. The van der Waals surface area contributed by atoms with Crippen LogP contribution in [0.1, 0.15) is 16.7 Å². The Balaban J connectivity index is 1.93. The van der Waals surface area contributed by atoms with Crippen LogP contribution in [0.2, 0.25) is 0 Å². The fourth-order valence-electron chi connectivity index (χ4n) is 2.68. The zero-order chi connectivity index (χ0) is 18.1. The fraction of sp³-hybridized carbons (Fsp3) is 0.158. The van der Waals surface area contributed by atoms with Crippen LogP contribution in [0.4, 0.5) is 10.1 Å². The normalized spacial score (nSPS) is 10.8. The highest BCUT2D eigenvalue weighted by molar-refractivity contribution is 5.93. The molecule has 3 rings (SSSR count). The molecule has 0 saturated carbocycles. The van der Waals surface area contributed by atoms with Gasteiger partial charge in [0.15, 0.2) is 0 Å². The van der Waals surface area contributed by atoms with E-state index in [1.54, 1.807) is 19.9 Å². The van der Waals surface area contributed by atoms with E-state index in [9.17, 15) is 19.1 Å². The number of carbonyl (C=O) groups excluding carboxylic acids is 1. The van der Waals surface area contributed by atoms with Crippen LogP contribution in [-0.4, -0.2) is 11.0 Å². The number of rotatable bonds is 3. The Morgan fingerprint density at radius 3 is 2.48 bits per heavy atom. The highest BCUT2D eigenvalue weighted by atomic mass is 19.1. The highest BCUT2D eigenvalue weighted by Gasteiger charge is 2.17. The van der Waals surface area contributed by atoms with Gasteiger partial charge in [0.1, 0.15) is 17.1 Å². The predicted octanol–water partition coefficient (Wildman–Crippen LogP) is 3.44. The lowest BCUT2D eigenvalue weighted by Gasteiger charge is -2.10. The molecule has 1 heterocycles. The monoisotopic (exact) mass is 341 g/mol. The van der Waals surface area contributed by atoms with Gasteiger partial charge in [0.2, 0.25) is 5.91 Å². The molecule has 0 aliphatic heterocycles. The summed E-state index contributed by atoms with van der Waals surface area (Å²) in [5, 5.41) is 13.0. The SMILES string of the molecule is Cc1c(CC(=O)Nc2ccc(F)cc2)c(=O)oc2c(C)c(O)ccc12. The molecule has 0 aliphatic rings. The van der Waals surface area contributed by atoms with E-state index in [0.717, 1.165) is 0 Å². The van der Waals surface area contributed by atoms with Crippen LogP contribution in [0.25, 0.3) is 11.0 Å². The molecule has 0 bridgehead atoms. The number of anilines is 1. The summed E-state index contributed by atoms with van der Waals surface area (Å²) in [6.07, 6.45) is -0.165. The number of hydrogen-bond donors (Lipinski definition) is 2. The Kier molecular flexibility index (Phi) is 4.27. The Hall–Kier alpha value is -3.15. The number of phenolic OH excluding ortho intramolecular Hbond substituents is 1.